The quantitative estimate of drug-likeness (QED) is 0.0578. The number of Topliss-reactive ketones (excluding diaryl/α,β-unsaturated/α-hetero) is 2. The first-order chi connectivity index (χ1) is 28.2. The van der Waals surface area contributed by atoms with Gasteiger partial charge in [0, 0.05) is 55.9 Å². The van der Waals surface area contributed by atoms with E-state index in [0.29, 0.717) is 22.8 Å². The maximum absolute atomic E-state index is 13.6. The summed E-state index contributed by atoms with van der Waals surface area (Å²) < 4.78 is 96.1. The number of aliphatic imine (C=N–C) groups is 1. The predicted octanol–water partition coefficient (Wildman–Crippen LogP) is 2.94. The van der Waals surface area contributed by atoms with Gasteiger partial charge in [-0.25, -0.2) is 22.8 Å². The molecule has 0 bridgehead atoms. The lowest BCUT2D eigenvalue weighted by atomic mass is 9.81. The molecule has 2 aromatic rings. The topological polar surface area (TPSA) is 252 Å². The average Bonchev–Trinajstić information content (AvgIpc) is 3.68. The van der Waals surface area contributed by atoms with E-state index in [4.69, 9.17) is 14.6 Å². The Bertz CT molecular complexity index is 2600. The Morgan fingerprint density at radius 1 is 0.918 bits per heavy atom. The molecule has 1 fully saturated rings. The summed E-state index contributed by atoms with van der Waals surface area (Å²) in [5.41, 5.74) is 1.96. The number of hydrogen-bond donors (Lipinski definition) is 2. The molecule has 3 aliphatic rings. The summed E-state index contributed by atoms with van der Waals surface area (Å²) >= 11 is 0. The summed E-state index contributed by atoms with van der Waals surface area (Å²) in [7, 11) is -10.8. The highest BCUT2D eigenvalue weighted by Gasteiger charge is 2.44. The first-order valence-corrected chi connectivity index (χ1v) is 24.2. The van der Waals surface area contributed by atoms with Crippen LogP contribution in [0.2, 0.25) is 0 Å². The predicted molar refractivity (Wildman–Crippen MR) is 222 cm³/mol. The fraction of sp³-hybridized carbons (Fsp3) is 0.450. The standard InChI is InChI=1S/C40H48N4O14S3/c1-39(2)29-22-26(38(48)42(5)57-25-35(47)58-36-31(45)16-17-32(36)46)24-43(18-10-20-60(51,52)53)37(29)41-33(39)12-8-7-9-13-34-40(3,4)28-23-27(59(6,49)50)14-15-30(28)44(34)19-11-21-61(54,55)56/h7-9,12-15,22-24,36H,10-11,16-21,25H2,1-6H3,(H-,51,52,53,54,55,56)/p+1. The summed E-state index contributed by atoms with van der Waals surface area (Å²) in [4.78, 5) is 61.8. The average molecular weight is 906 g/mol. The molecule has 2 N–H and O–H groups in total. The number of fused-ring (bicyclic) bond motifs is 2. The van der Waals surface area contributed by atoms with Gasteiger partial charge >= 0.3 is 11.8 Å². The van der Waals surface area contributed by atoms with Gasteiger partial charge in [0.2, 0.25) is 6.10 Å². The number of allylic oxidation sites excluding steroid dienone is 6. The normalized spacial score (nSPS) is 18.3. The first kappa shape index (κ1) is 47.1. The highest BCUT2D eigenvalue weighted by molar-refractivity contribution is 7.90. The van der Waals surface area contributed by atoms with Crippen LogP contribution >= 0.6 is 0 Å². The molecule has 0 spiro atoms. The Hall–Kier alpha value is -4.93. The van der Waals surface area contributed by atoms with Gasteiger partial charge < -0.3 is 9.64 Å². The Kier molecular flexibility index (Phi) is 13.8. The van der Waals surface area contributed by atoms with Crippen LogP contribution in [0.1, 0.15) is 74.9 Å². The number of ketones is 2. The van der Waals surface area contributed by atoms with Gasteiger partial charge in [-0.2, -0.15) is 16.8 Å². The van der Waals surface area contributed by atoms with Crippen LogP contribution in [0.5, 0.6) is 0 Å². The molecule has 0 unspecified atom stereocenters. The minimum Gasteiger partial charge on any atom is -0.444 e. The van der Waals surface area contributed by atoms with Crippen molar-refractivity contribution >= 4 is 70.7 Å². The van der Waals surface area contributed by atoms with Gasteiger partial charge in [0.05, 0.1) is 39.5 Å². The lowest BCUT2D eigenvalue weighted by Gasteiger charge is -2.27. The van der Waals surface area contributed by atoms with Gasteiger partial charge in [-0.3, -0.25) is 28.3 Å². The van der Waals surface area contributed by atoms with E-state index in [1.165, 1.54) is 19.3 Å². The van der Waals surface area contributed by atoms with Crippen molar-refractivity contribution in [2.45, 2.75) is 81.8 Å². The number of nitrogens with zero attached hydrogens (tertiary/aromatic N) is 4. The van der Waals surface area contributed by atoms with Crippen LogP contribution < -0.4 is 9.47 Å². The van der Waals surface area contributed by atoms with E-state index >= 15 is 0 Å². The van der Waals surface area contributed by atoms with Crippen molar-refractivity contribution in [3.8, 4) is 0 Å². The van der Waals surface area contributed by atoms with E-state index in [0.717, 1.165) is 22.6 Å². The number of sulfone groups is 1. The van der Waals surface area contributed by atoms with Crippen LogP contribution in [0.4, 0.5) is 11.5 Å². The SMILES string of the molecule is CN(OCC(=O)OC1C(=O)CCC1=O)C(=O)c1cc2c([n+](CCCS(=O)(=O)O)c1)N=C(/C=C/C=C/C=C1/N(CCCS(=O)(=O)O)c3ccc(S(C)(=O)=O)cc3C1(C)C)C2(C)C. The van der Waals surface area contributed by atoms with Crippen molar-refractivity contribution in [3.05, 3.63) is 83.2 Å². The summed E-state index contributed by atoms with van der Waals surface area (Å²) in [5, 5.41) is 0.789. The minimum atomic E-state index is -4.30. The van der Waals surface area contributed by atoms with Gasteiger partial charge in [0.25, 0.3) is 26.1 Å². The van der Waals surface area contributed by atoms with E-state index in [1.807, 2.05) is 38.7 Å². The van der Waals surface area contributed by atoms with E-state index in [9.17, 15) is 53.5 Å². The maximum atomic E-state index is 13.6. The third-order valence-corrected chi connectivity index (χ3v) is 13.3. The number of anilines is 1. The number of esters is 1. The molecule has 1 saturated carbocycles. The van der Waals surface area contributed by atoms with Crippen LogP contribution in [0, 0.1) is 0 Å². The third-order valence-electron chi connectivity index (χ3n) is 10.6. The zero-order valence-corrected chi connectivity index (χ0v) is 37.0. The minimum absolute atomic E-state index is 0.0223. The summed E-state index contributed by atoms with van der Waals surface area (Å²) in [6, 6.07) is 6.40. The highest BCUT2D eigenvalue weighted by atomic mass is 32.2. The molecule has 1 amide bonds. The zero-order chi connectivity index (χ0) is 45.3. The summed E-state index contributed by atoms with van der Waals surface area (Å²) in [6.07, 6.45) is 9.95. The van der Waals surface area contributed by atoms with E-state index in [1.54, 1.807) is 47.1 Å². The second kappa shape index (κ2) is 17.8. The third kappa shape index (κ3) is 11.1. The van der Waals surface area contributed by atoms with E-state index < -0.39 is 88.6 Å². The molecule has 2 aliphatic heterocycles. The van der Waals surface area contributed by atoms with Crippen molar-refractivity contribution in [1.29, 1.82) is 0 Å². The molecule has 3 heterocycles. The van der Waals surface area contributed by atoms with Gasteiger partial charge in [-0.05, 0) is 67.2 Å². The molecule has 0 atom stereocenters. The zero-order valence-electron chi connectivity index (χ0n) is 34.5. The Labute approximate surface area is 355 Å². The number of amides is 1. The van der Waals surface area contributed by atoms with Gasteiger partial charge in [-0.15, -0.1) is 0 Å². The molecule has 18 nitrogen and oxygen atoms in total. The molecule has 1 aromatic heterocycles. The number of benzene rings is 1. The number of hydrogen-bond acceptors (Lipinski definition) is 14. The van der Waals surface area contributed by atoms with E-state index in [2.05, 4.69) is 0 Å². The number of hydroxylamine groups is 2. The molecule has 0 radical (unpaired) electrons. The molecule has 21 heteroatoms. The number of rotatable bonds is 17. The number of carbonyl (C=O) groups excluding carboxylic acids is 4. The lowest BCUT2D eigenvalue weighted by Crippen LogP contribution is -2.39. The van der Waals surface area contributed by atoms with Crippen LogP contribution in [-0.4, -0.2) is 113 Å². The fourth-order valence-corrected chi connectivity index (χ4v) is 8.97. The molecule has 61 heavy (non-hydrogen) atoms. The second-order valence-corrected chi connectivity index (χ2v) is 21.1. The Morgan fingerprint density at radius 2 is 1.56 bits per heavy atom. The van der Waals surface area contributed by atoms with Crippen molar-refractivity contribution in [3.63, 3.8) is 0 Å². The Morgan fingerprint density at radius 3 is 2.18 bits per heavy atom. The van der Waals surface area contributed by atoms with Crippen molar-refractivity contribution in [1.82, 2.24) is 5.06 Å². The van der Waals surface area contributed by atoms with Crippen molar-refractivity contribution < 1.29 is 67.7 Å². The number of ether oxygens (including phenoxy) is 1. The number of pyridine rings is 1. The molecular formula is C40H49N4O14S3+. The second-order valence-electron chi connectivity index (χ2n) is 16.0. The van der Waals surface area contributed by atoms with E-state index in [-0.39, 0.29) is 49.2 Å². The number of aromatic nitrogens is 1. The van der Waals surface area contributed by atoms with Crippen LogP contribution in [0.3, 0.4) is 0 Å². The van der Waals surface area contributed by atoms with Crippen molar-refractivity contribution in [2.75, 3.05) is 42.9 Å². The van der Waals surface area contributed by atoms with Crippen LogP contribution in [0.25, 0.3) is 0 Å². The van der Waals surface area contributed by atoms with Gasteiger partial charge in [0.1, 0.15) is 6.20 Å². The van der Waals surface area contributed by atoms with Crippen LogP contribution in [0.15, 0.2) is 76.4 Å². The summed E-state index contributed by atoms with van der Waals surface area (Å²) in [5.74, 6) is -3.33. The molecule has 0 saturated heterocycles. The summed E-state index contributed by atoms with van der Waals surface area (Å²) in [6.45, 7) is 7.09. The van der Waals surface area contributed by atoms with Crippen molar-refractivity contribution in [2.24, 2.45) is 4.99 Å². The molecule has 1 aromatic carbocycles. The number of aryl methyl sites for hydroxylation is 1. The highest BCUT2D eigenvalue weighted by Crippen LogP contribution is 2.48. The van der Waals surface area contributed by atoms with Crippen LogP contribution in [-0.2, 0) is 71.4 Å². The van der Waals surface area contributed by atoms with Gasteiger partial charge in [-0.1, -0.05) is 32.1 Å². The molecule has 330 valence electrons. The fourth-order valence-electron chi connectivity index (χ4n) is 7.33. The van der Waals surface area contributed by atoms with Gasteiger partial charge in [0.15, 0.2) is 33.7 Å². The number of carbonyl (C=O) groups is 4. The lowest BCUT2D eigenvalue weighted by molar-refractivity contribution is -0.684. The maximum Gasteiger partial charge on any atom is 0.336 e. The molecule has 1 aliphatic carbocycles. The smallest absolute Gasteiger partial charge is 0.336 e. The molecule has 5 rings (SSSR count). The largest absolute Gasteiger partial charge is 0.444 e. The monoisotopic (exact) mass is 905 g/mol. The first-order valence-electron chi connectivity index (χ1n) is 19.1. The molecular weight excluding hydrogens is 857 g/mol. The Balaban J connectivity index is 1.38.